The van der Waals surface area contributed by atoms with Gasteiger partial charge in [0.2, 0.25) is 0 Å². The van der Waals surface area contributed by atoms with E-state index in [1.807, 2.05) is 19.1 Å². The minimum Gasteiger partial charge on any atom is -0.466 e. The van der Waals surface area contributed by atoms with Crippen LogP contribution in [0.1, 0.15) is 37.7 Å². The first-order valence-electron chi connectivity index (χ1n) is 9.03. The zero-order valence-corrected chi connectivity index (χ0v) is 14.9. The molecule has 25 heavy (non-hydrogen) atoms. The molecule has 2 unspecified atom stereocenters. The summed E-state index contributed by atoms with van der Waals surface area (Å²) in [4.78, 5) is 18.4. The SMILES string of the molecule is CCOC(=O)C1CCN(C(=NC)NC2CC2c2ccccc2F)CC1. The minimum absolute atomic E-state index is 0.0126. The number of esters is 1. The lowest BCUT2D eigenvalue weighted by Crippen LogP contribution is -2.47. The number of likely N-dealkylation sites (tertiary alicyclic amines) is 1. The van der Waals surface area contributed by atoms with E-state index in [0.29, 0.717) is 6.61 Å². The smallest absolute Gasteiger partial charge is 0.309 e. The van der Waals surface area contributed by atoms with Gasteiger partial charge in [0, 0.05) is 32.1 Å². The van der Waals surface area contributed by atoms with Crippen molar-refractivity contribution in [2.24, 2.45) is 10.9 Å². The van der Waals surface area contributed by atoms with Gasteiger partial charge in [-0.3, -0.25) is 9.79 Å². The third-order valence-corrected chi connectivity index (χ3v) is 5.04. The van der Waals surface area contributed by atoms with Gasteiger partial charge in [-0.15, -0.1) is 0 Å². The van der Waals surface area contributed by atoms with E-state index >= 15 is 0 Å². The molecule has 2 fully saturated rings. The molecule has 0 bridgehead atoms. The number of ether oxygens (including phenoxy) is 1. The van der Waals surface area contributed by atoms with Crippen LogP contribution in [0.2, 0.25) is 0 Å². The number of hydrogen-bond donors (Lipinski definition) is 1. The van der Waals surface area contributed by atoms with E-state index in [9.17, 15) is 9.18 Å². The summed E-state index contributed by atoms with van der Waals surface area (Å²) in [6.45, 7) is 3.82. The zero-order chi connectivity index (χ0) is 17.8. The number of rotatable bonds is 4. The van der Waals surface area contributed by atoms with Gasteiger partial charge in [-0.1, -0.05) is 18.2 Å². The Morgan fingerprint density at radius 2 is 2.08 bits per heavy atom. The molecule has 0 radical (unpaired) electrons. The van der Waals surface area contributed by atoms with Gasteiger partial charge in [-0.05, 0) is 37.8 Å². The lowest BCUT2D eigenvalue weighted by molar-refractivity contribution is -0.149. The maximum absolute atomic E-state index is 13.9. The monoisotopic (exact) mass is 347 g/mol. The van der Waals surface area contributed by atoms with Gasteiger partial charge in [-0.2, -0.15) is 0 Å². The molecule has 3 rings (SSSR count). The summed E-state index contributed by atoms with van der Waals surface area (Å²) in [5.41, 5.74) is 0.775. The van der Waals surface area contributed by atoms with Crippen molar-refractivity contribution in [3.05, 3.63) is 35.6 Å². The third-order valence-electron chi connectivity index (χ3n) is 5.04. The topological polar surface area (TPSA) is 53.9 Å². The molecule has 0 aromatic heterocycles. The van der Waals surface area contributed by atoms with Crippen LogP contribution in [0.25, 0.3) is 0 Å². The van der Waals surface area contributed by atoms with E-state index in [4.69, 9.17) is 4.74 Å². The van der Waals surface area contributed by atoms with Crippen LogP contribution in [0.3, 0.4) is 0 Å². The molecule has 1 aromatic carbocycles. The summed E-state index contributed by atoms with van der Waals surface area (Å²) < 4.78 is 19.0. The molecular weight excluding hydrogens is 321 g/mol. The molecule has 5 nitrogen and oxygen atoms in total. The fourth-order valence-corrected chi connectivity index (χ4v) is 3.52. The molecule has 1 heterocycles. The number of benzene rings is 1. The molecule has 0 spiro atoms. The van der Waals surface area contributed by atoms with Crippen molar-refractivity contribution in [2.75, 3.05) is 26.7 Å². The quantitative estimate of drug-likeness (QED) is 0.517. The summed E-state index contributed by atoms with van der Waals surface area (Å²) in [6, 6.07) is 7.19. The molecule has 1 saturated heterocycles. The summed E-state index contributed by atoms with van der Waals surface area (Å²) >= 11 is 0. The Labute approximate surface area is 148 Å². The molecule has 2 atom stereocenters. The van der Waals surface area contributed by atoms with Crippen molar-refractivity contribution in [1.82, 2.24) is 10.2 Å². The Morgan fingerprint density at radius 1 is 1.36 bits per heavy atom. The summed E-state index contributed by atoms with van der Waals surface area (Å²) in [6.07, 6.45) is 2.47. The number of piperidine rings is 1. The number of nitrogens with zero attached hydrogens (tertiary/aromatic N) is 2. The van der Waals surface area contributed by atoms with Crippen LogP contribution < -0.4 is 5.32 Å². The van der Waals surface area contributed by atoms with E-state index < -0.39 is 0 Å². The van der Waals surface area contributed by atoms with E-state index in [2.05, 4.69) is 15.2 Å². The highest BCUT2D eigenvalue weighted by molar-refractivity contribution is 5.81. The maximum atomic E-state index is 13.9. The number of carbonyl (C=O) groups is 1. The van der Waals surface area contributed by atoms with E-state index in [-0.39, 0.29) is 29.7 Å². The van der Waals surface area contributed by atoms with Crippen LogP contribution in [0, 0.1) is 11.7 Å². The number of hydrogen-bond acceptors (Lipinski definition) is 3. The van der Waals surface area contributed by atoms with Crippen molar-refractivity contribution in [3.8, 4) is 0 Å². The lowest BCUT2D eigenvalue weighted by atomic mass is 9.97. The molecular formula is C19H26FN3O2. The van der Waals surface area contributed by atoms with Gasteiger partial charge < -0.3 is 15.0 Å². The third kappa shape index (κ3) is 4.11. The Bertz CT molecular complexity index is 641. The normalized spacial score (nSPS) is 24.1. The van der Waals surface area contributed by atoms with Crippen molar-refractivity contribution in [2.45, 2.75) is 38.1 Å². The van der Waals surface area contributed by atoms with Crippen LogP contribution in [0.4, 0.5) is 4.39 Å². The number of guanidine groups is 1. The molecule has 1 aliphatic heterocycles. The fourth-order valence-electron chi connectivity index (χ4n) is 3.52. The fraction of sp³-hybridized carbons (Fsp3) is 0.579. The number of aliphatic imine (C=N–C) groups is 1. The number of halogens is 1. The zero-order valence-electron chi connectivity index (χ0n) is 14.9. The predicted octanol–water partition coefficient (Wildman–Crippen LogP) is 2.53. The number of nitrogens with one attached hydrogen (secondary N) is 1. The summed E-state index contributed by atoms with van der Waals surface area (Å²) in [7, 11) is 1.76. The van der Waals surface area contributed by atoms with Gasteiger partial charge in [0.1, 0.15) is 5.82 Å². The molecule has 6 heteroatoms. The molecule has 2 aliphatic rings. The van der Waals surface area contributed by atoms with Crippen LogP contribution in [0.5, 0.6) is 0 Å². The first-order chi connectivity index (χ1) is 12.1. The maximum Gasteiger partial charge on any atom is 0.309 e. The van der Waals surface area contributed by atoms with Crippen LogP contribution in [-0.2, 0) is 9.53 Å². The van der Waals surface area contributed by atoms with Gasteiger partial charge in [0.25, 0.3) is 0 Å². The second-order valence-corrected chi connectivity index (χ2v) is 6.68. The van der Waals surface area contributed by atoms with Gasteiger partial charge in [-0.25, -0.2) is 4.39 Å². The van der Waals surface area contributed by atoms with Crippen molar-refractivity contribution < 1.29 is 13.9 Å². The van der Waals surface area contributed by atoms with E-state index in [1.165, 1.54) is 6.07 Å². The Morgan fingerprint density at radius 3 is 2.72 bits per heavy atom. The second-order valence-electron chi connectivity index (χ2n) is 6.68. The van der Waals surface area contributed by atoms with Crippen molar-refractivity contribution in [3.63, 3.8) is 0 Å². The van der Waals surface area contributed by atoms with E-state index in [1.54, 1.807) is 13.1 Å². The van der Waals surface area contributed by atoms with Crippen molar-refractivity contribution in [1.29, 1.82) is 0 Å². The molecule has 1 saturated carbocycles. The van der Waals surface area contributed by atoms with Crippen molar-refractivity contribution >= 4 is 11.9 Å². The highest BCUT2D eigenvalue weighted by Crippen LogP contribution is 2.42. The first kappa shape index (κ1) is 17.7. The standard InChI is InChI=1S/C19H26FN3O2/c1-3-25-18(24)13-8-10-23(11-9-13)19(21-2)22-17-12-15(17)14-6-4-5-7-16(14)20/h4-7,13,15,17H,3,8-12H2,1-2H3,(H,21,22). The highest BCUT2D eigenvalue weighted by Gasteiger charge is 2.41. The Hall–Kier alpha value is -2.11. The summed E-state index contributed by atoms with van der Waals surface area (Å²) in [5.74, 6) is 0.802. The van der Waals surface area contributed by atoms with Gasteiger partial charge >= 0.3 is 5.97 Å². The second kappa shape index (κ2) is 7.85. The molecule has 0 amide bonds. The molecule has 136 valence electrons. The van der Waals surface area contributed by atoms with Crippen LogP contribution in [-0.4, -0.2) is 49.6 Å². The van der Waals surface area contributed by atoms with Crippen LogP contribution in [0.15, 0.2) is 29.3 Å². The Kier molecular flexibility index (Phi) is 5.56. The lowest BCUT2D eigenvalue weighted by Gasteiger charge is -2.33. The first-order valence-corrected chi connectivity index (χ1v) is 9.03. The highest BCUT2D eigenvalue weighted by atomic mass is 19.1. The van der Waals surface area contributed by atoms with Crippen LogP contribution >= 0.6 is 0 Å². The molecule has 1 N–H and O–H groups in total. The largest absolute Gasteiger partial charge is 0.466 e. The Balaban J connectivity index is 1.52. The number of carbonyl (C=O) groups excluding carboxylic acids is 1. The minimum atomic E-state index is -0.137. The van der Waals surface area contributed by atoms with E-state index in [0.717, 1.165) is 43.9 Å². The molecule has 1 aliphatic carbocycles. The average molecular weight is 347 g/mol. The van der Waals surface area contributed by atoms with Gasteiger partial charge in [0.15, 0.2) is 5.96 Å². The summed E-state index contributed by atoms with van der Waals surface area (Å²) in [5, 5.41) is 3.45. The predicted molar refractivity (Wildman–Crippen MR) is 95.0 cm³/mol. The molecule has 1 aromatic rings. The average Bonchev–Trinajstić information content (AvgIpc) is 3.39. The van der Waals surface area contributed by atoms with Gasteiger partial charge in [0.05, 0.1) is 12.5 Å².